The summed E-state index contributed by atoms with van der Waals surface area (Å²) in [5, 5.41) is 0. The average Bonchev–Trinajstić information content (AvgIpc) is 3.15. The van der Waals surface area contributed by atoms with Gasteiger partial charge in [-0.3, -0.25) is 5.92 Å². The molecular weight excluding hydrogens is 524 g/mol. The molecule has 2 aromatic carbocycles. The zero-order valence-electron chi connectivity index (χ0n) is 24.8. The Morgan fingerprint density at radius 3 is 0.730 bits per heavy atom. The summed E-state index contributed by atoms with van der Waals surface area (Å²) in [5.74, 6) is 15.1. The van der Waals surface area contributed by atoms with Gasteiger partial charge in [-0.05, 0) is 76.2 Å². The van der Waals surface area contributed by atoms with Crippen molar-refractivity contribution in [3.63, 3.8) is 0 Å². The third-order valence-electron chi connectivity index (χ3n) is 8.41. The van der Waals surface area contributed by atoms with Gasteiger partial charge in [-0.2, -0.15) is 0 Å². The average molecular weight is 570 g/mol. The van der Waals surface area contributed by atoms with Gasteiger partial charge in [-0.25, -0.2) is 0 Å². The molecule has 4 rings (SSSR count). The SMILES string of the molecule is C[C]1[C](C)[C](C)[C](C)[C]1C.C[C]1[C](C)[C](C)[C](C)[C]1C.[CH2-]C([CH2-])C(c1ccccc1)c1ccccc1.[Zr+2]. The Bertz CT molecular complexity index is 700. The van der Waals surface area contributed by atoms with Gasteiger partial charge in [0.15, 0.2) is 0 Å². The quantitative estimate of drug-likeness (QED) is 0.323. The van der Waals surface area contributed by atoms with E-state index in [-0.39, 0.29) is 38.0 Å². The van der Waals surface area contributed by atoms with Crippen molar-refractivity contribution >= 4 is 0 Å². The van der Waals surface area contributed by atoms with Crippen molar-refractivity contribution in [3.8, 4) is 0 Å². The molecule has 0 saturated heterocycles. The molecule has 37 heavy (non-hydrogen) atoms. The van der Waals surface area contributed by atoms with Gasteiger partial charge in [-0.15, -0.1) is 0 Å². The summed E-state index contributed by atoms with van der Waals surface area (Å²) in [7, 11) is 0. The van der Waals surface area contributed by atoms with Crippen molar-refractivity contribution in [2.24, 2.45) is 5.92 Å². The maximum atomic E-state index is 4.08. The van der Waals surface area contributed by atoms with Gasteiger partial charge < -0.3 is 13.8 Å². The first-order valence-electron chi connectivity index (χ1n) is 13.0. The summed E-state index contributed by atoms with van der Waals surface area (Å²) in [6, 6.07) is 20.9. The molecule has 0 atom stereocenters. The van der Waals surface area contributed by atoms with Crippen LogP contribution in [0.1, 0.15) is 86.3 Å². The van der Waals surface area contributed by atoms with Gasteiger partial charge in [0.2, 0.25) is 0 Å². The maximum absolute atomic E-state index is 4.08. The smallest absolute Gasteiger partial charge is 0.369 e. The van der Waals surface area contributed by atoms with E-state index in [4.69, 9.17) is 0 Å². The minimum atomic E-state index is 0. The maximum Gasteiger partial charge on any atom is 2.00 e. The number of hydrogen-bond donors (Lipinski definition) is 0. The molecule has 0 spiro atoms. The van der Waals surface area contributed by atoms with Gasteiger partial charge in [0, 0.05) is 0 Å². The van der Waals surface area contributed by atoms with Crippen molar-refractivity contribution < 1.29 is 26.2 Å². The Labute approximate surface area is 250 Å². The van der Waals surface area contributed by atoms with Crippen LogP contribution in [-0.4, -0.2) is 0 Å². The molecule has 194 valence electrons. The Balaban J connectivity index is 0.000000287. The molecule has 0 amide bonds. The van der Waals surface area contributed by atoms with Crippen LogP contribution in [0.15, 0.2) is 60.7 Å². The predicted octanol–water partition coefficient (Wildman–Crippen LogP) is 10.0. The first-order valence-corrected chi connectivity index (χ1v) is 13.0. The second-order valence-corrected chi connectivity index (χ2v) is 10.3. The Morgan fingerprint density at radius 2 is 0.568 bits per heavy atom. The van der Waals surface area contributed by atoms with E-state index < -0.39 is 0 Å². The van der Waals surface area contributed by atoms with Crippen LogP contribution in [-0.2, 0) is 26.2 Å². The van der Waals surface area contributed by atoms with Crippen LogP contribution < -0.4 is 0 Å². The third-order valence-corrected chi connectivity index (χ3v) is 8.41. The zero-order valence-corrected chi connectivity index (χ0v) is 27.3. The molecule has 0 nitrogen and oxygen atoms in total. The summed E-state index contributed by atoms with van der Waals surface area (Å²) < 4.78 is 0. The van der Waals surface area contributed by atoms with E-state index in [1.54, 1.807) is 0 Å². The molecule has 1 heteroatoms. The first-order chi connectivity index (χ1) is 16.9. The minimum Gasteiger partial charge on any atom is -0.369 e. The third kappa shape index (κ3) is 8.65. The molecule has 0 aromatic heterocycles. The monoisotopic (exact) mass is 568 g/mol. The van der Waals surface area contributed by atoms with Crippen LogP contribution >= 0.6 is 0 Å². The van der Waals surface area contributed by atoms with Gasteiger partial charge in [-0.1, -0.05) is 130 Å². The van der Waals surface area contributed by atoms with Gasteiger partial charge >= 0.3 is 26.2 Å². The van der Waals surface area contributed by atoms with E-state index in [1.807, 2.05) is 12.1 Å². The second-order valence-electron chi connectivity index (χ2n) is 10.3. The molecule has 0 N–H and O–H groups in total. The fraction of sp³-hybridized carbons (Fsp3) is 0.333. The van der Waals surface area contributed by atoms with Crippen molar-refractivity contribution in [3.05, 3.63) is 145 Å². The second kappa shape index (κ2) is 15.8. The van der Waals surface area contributed by atoms with Crippen LogP contribution in [0.25, 0.3) is 0 Å². The fourth-order valence-corrected chi connectivity index (χ4v) is 4.87. The van der Waals surface area contributed by atoms with E-state index in [9.17, 15) is 0 Å². The summed E-state index contributed by atoms with van der Waals surface area (Å²) in [4.78, 5) is 0. The molecule has 2 aliphatic carbocycles. The normalized spacial score (nSPS) is 20.2. The van der Waals surface area contributed by atoms with Crippen molar-refractivity contribution in [2.45, 2.75) is 75.2 Å². The Morgan fingerprint density at radius 1 is 0.378 bits per heavy atom. The van der Waals surface area contributed by atoms with Gasteiger partial charge in [0.25, 0.3) is 0 Å². The summed E-state index contributed by atoms with van der Waals surface area (Å²) in [5.41, 5.74) is 2.56. The van der Waals surface area contributed by atoms with E-state index in [1.165, 1.54) is 70.3 Å². The molecule has 0 heterocycles. The van der Waals surface area contributed by atoms with E-state index in [2.05, 4.69) is 132 Å². The largest absolute Gasteiger partial charge is 2.00 e. The van der Waals surface area contributed by atoms with Crippen LogP contribution in [0, 0.1) is 78.9 Å². The van der Waals surface area contributed by atoms with Crippen molar-refractivity contribution in [1.29, 1.82) is 0 Å². The minimum absolute atomic E-state index is 0. The Kier molecular flexibility index (Phi) is 14.7. The van der Waals surface area contributed by atoms with Gasteiger partial charge in [0.1, 0.15) is 0 Å². The number of rotatable bonds is 3. The van der Waals surface area contributed by atoms with Gasteiger partial charge in [0.05, 0.1) is 0 Å². The molecule has 0 bridgehead atoms. The van der Waals surface area contributed by atoms with E-state index >= 15 is 0 Å². The summed E-state index contributed by atoms with van der Waals surface area (Å²) >= 11 is 0. The zero-order chi connectivity index (χ0) is 27.2. The molecule has 10 radical (unpaired) electrons. The Hall–Kier alpha value is -0.677. The van der Waals surface area contributed by atoms with Crippen LogP contribution in [0.5, 0.6) is 0 Å². The summed E-state index contributed by atoms with van der Waals surface area (Å²) in [6.45, 7) is 30.2. The van der Waals surface area contributed by atoms with Crippen LogP contribution in [0.4, 0.5) is 0 Å². The van der Waals surface area contributed by atoms with Crippen molar-refractivity contribution in [1.82, 2.24) is 0 Å². The molecule has 2 saturated carbocycles. The van der Waals surface area contributed by atoms with Crippen molar-refractivity contribution in [2.75, 3.05) is 0 Å². The van der Waals surface area contributed by atoms with E-state index in [0.717, 1.165) is 0 Å². The standard InChI is InChI=1S/C16H16.2C10H15.Zr/c1-13(2)16(14-9-5-3-6-10-14)15-11-7-4-8-12-15;2*1-6-7(2)9(4)10(5)8(6)3;/h3-13,16H,1-2H2;2*1-5H3;/q-2;;;+2. The molecule has 2 aliphatic rings. The van der Waals surface area contributed by atoms with Crippen LogP contribution in [0.2, 0.25) is 0 Å². The molecular formula is C36H46Zr. The molecule has 2 fully saturated rings. The fourth-order valence-electron chi connectivity index (χ4n) is 4.87. The van der Waals surface area contributed by atoms with Crippen LogP contribution in [0.3, 0.4) is 0 Å². The number of benzene rings is 2. The topological polar surface area (TPSA) is 0 Å². The first kappa shape index (κ1) is 34.4. The molecule has 2 aromatic rings. The summed E-state index contributed by atoms with van der Waals surface area (Å²) in [6.07, 6.45) is 0. The molecule has 0 unspecified atom stereocenters. The predicted molar refractivity (Wildman–Crippen MR) is 158 cm³/mol. The van der Waals surface area contributed by atoms with E-state index in [0.29, 0.717) is 0 Å². The number of hydrogen-bond acceptors (Lipinski definition) is 0. The molecule has 0 aliphatic heterocycles.